The maximum atomic E-state index is 13.9. The third-order valence-corrected chi connectivity index (χ3v) is 4.94. The maximum absolute atomic E-state index is 13.9. The fourth-order valence-electron chi connectivity index (χ4n) is 3.28. The van der Waals surface area contributed by atoms with E-state index in [-0.39, 0.29) is 11.4 Å². The molecule has 4 aromatic rings. The Balaban J connectivity index is 1.84. The molecule has 0 aliphatic rings. The Labute approximate surface area is 180 Å². The Hall–Kier alpha value is -3.71. The summed E-state index contributed by atoms with van der Waals surface area (Å²) in [5.41, 5.74) is 1.08. The number of carbonyl (C=O) groups is 1. The summed E-state index contributed by atoms with van der Waals surface area (Å²) < 4.78 is 32.4. The van der Waals surface area contributed by atoms with Gasteiger partial charge in [0.15, 0.2) is 0 Å². The molecule has 0 saturated heterocycles. The Morgan fingerprint density at radius 1 is 1.00 bits per heavy atom. The van der Waals surface area contributed by atoms with Crippen LogP contribution in [-0.2, 0) is 0 Å². The van der Waals surface area contributed by atoms with E-state index in [4.69, 9.17) is 16.0 Å². The van der Waals surface area contributed by atoms with Crippen LogP contribution in [0.4, 0.5) is 25.0 Å². The summed E-state index contributed by atoms with van der Waals surface area (Å²) in [6.45, 7) is 1.86. The summed E-state index contributed by atoms with van der Waals surface area (Å²) in [7, 11) is 0. The van der Waals surface area contributed by atoms with Gasteiger partial charge < -0.3 is 15.1 Å². The van der Waals surface area contributed by atoms with Gasteiger partial charge in [-0.3, -0.25) is 0 Å². The van der Waals surface area contributed by atoms with Gasteiger partial charge in [-0.2, -0.15) is 0 Å². The fraction of sp³-hybridized carbons (Fsp3) is 0.0435. The van der Waals surface area contributed by atoms with E-state index in [1.165, 1.54) is 0 Å². The zero-order valence-corrected chi connectivity index (χ0v) is 16.9. The highest BCUT2D eigenvalue weighted by Crippen LogP contribution is 2.36. The first-order valence-corrected chi connectivity index (χ1v) is 9.56. The van der Waals surface area contributed by atoms with Gasteiger partial charge in [0.05, 0.1) is 5.69 Å². The standard InChI is InChI=1S/C23H15ClF2N2O3/c1-12-4-2-3-5-15(12)20-16-10-13(24)6-9-19(16)31-22(29)21(20)28-23(30)27-18-8-7-14(25)11-17(18)26/h2-11H,1H3,(H2,27,28,30). The third kappa shape index (κ3) is 4.13. The highest BCUT2D eigenvalue weighted by Gasteiger charge is 2.20. The molecule has 0 spiro atoms. The lowest BCUT2D eigenvalue weighted by Crippen LogP contribution is -2.24. The predicted molar refractivity (Wildman–Crippen MR) is 117 cm³/mol. The van der Waals surface area contributed by atoms with Crippen molar-refractivity contribution in [3.8, 4) is 11.1 Å². The lowest BCUT2D eigenvalue weighted by molar-refractivity contribution is 0.262. The molecule has 0 unspecified atom stereocenters. The number of carbonyl (C=O) groups excluding carboxylic acids is 1. The average Bonchev–Trinajstić information content (AvgIpc) is 2.72. The monoisotopic (exact) mass is 440 g/mol. The first-order chi connectivity index (χ1) is 14.8. The highest BCUT2D eigenvalue weighted by molar-refractivity contribution is 6.31. The molecule has 0 aliphatic carbocycles. The number of benzene rings is 3. The molecule has 0 fully saturated rings. The normalized spacial score (nSPS) is 10.8. The van der Waals surface area contributed by atoms with Gasteiger partial charge in [-0.25, -0.2) is 18.4 Å². The van der Waals surface area contributed by atoms with Crippen molar-refractivity contribution in [1.29, 1.82) is 0 Å². The largest absolute Gasteiger partial charge is 0.421 e. The van der Waals surface area contributed by atoms with Crippen LogP contribution in [0.2, 0.25) is 5.02 Å². The molecule has 31 heavy (non-hydrogen) atoms. The molecule has 2 amide bonds. The number of amides is 2. The Morgan fingerprint density at radius 3 is 2.52 bits per heavy atom. The number of halogens is 3. The molecule has 0 radical (unpaired) electrons. The van der Waals surface area contributed by atoms with Gasteiger partial charge in [0, 0.05) is 22.0 Å². The van der Waals surface area contributed by atoms with Gasteiger partial charge in [0.25, 0.3) is 0 Å². The molecule has 1 heterocycles. The molecule has 3 aromatic carbocycles. The number of anilines is 2. The van der Waals surface area contributed by atoms with E-state index < -0.39 is 23.3 Å². The molecular formula is C23H15ClF2N2O3. The molecular weight excluding hydrogens is 426 g/mol. The van der Waals surface area contributed by atoms with Gasteiger partial charge >= 0.3 is 11.7 Å². The van der Waals surface area contributed by atoms with Crippen LogP contribution in [0.25, 0.3) is 22.1 Å². The van der Waals surface area contributed by atoms with Crippen LogP contribution in [0.15, 0.2) is 69.9 Å². The van der Waals surface area contributed by atoms with E-state index in [1.807, 2.05) is 19.1 Å². The van der Waals surface area contributed by atoms with Crippen molar-refractivity contribution in [2.24, 2.45) is 0 Å². The Morgan fingerprint density at radius 2 is 1.77 bits per heavy atom. The van der Waals surface area contributed by atoms with Crippen molar-refractivity contribution >= 4 is 40.0 Å². The highest BCUT2D eigenvalue weighted by atomic mass is 35.5. The van der Waals surface area contributed by atoms with Gasteiger partial charge in [-0.15, -0.1) is 0 Å². The van der Waals surface area contributed by atoms with Crippen molar-refractivity contribution in [3.05, 3.63) is 93.3 Å². The molecule has 0 bridgehead atoms. The molecule has 2 N–H and O–H groups in total. The second-order valence-electron chi connectivity index (χ2n) is 6.80. The van der Waals surface area contributed by atoms with E-state index in [1.54, 1.807) is 30.3 Å². The SMILES string of the molecule is Cc1ccccc1-c1c(NC(=O)Nc2ccc(F)cc2F)c(=O)oc2ccc(Cl)cc12. The summed E-state index contributed by atoms with van der Waals surface area (Å²) in [6, 6.07) is 13.9. The quantitative estimate of drug-likeness (QED) is 0.365. The third-order valence-electron chi connectivity index (χ3n) is 4.70. The molecule has 4 rings (SSSR count). The van der Waals surface area contributed by atoms with Crippen LogP contribution in [-0.4, -0.2) is 6.03 Å². The van der Waals surface area contributed by atoms with Crippen LogP contribution in [0.1, 0.15) is 5.56 Å². The lowest BCUT2D eigenvalue weighted by Gasteiger charge is -2.15. The van der Waals surface area contributed by atoms with Crippen molar-refractivity contribution in [1.82, 2.24) is 0 Å². The van der Waals surface area contributed by atoms with Gasteiger partial charge in [0.2, 0.25) is 0 Å². The number of hydrogen-bond donors (Lipinski definition) is 2. The van der Waals surface area contributed by atoms with E-state index in [9.17, 15) is 18.4 Å². The van der Waals surface area contributed by atoms with E-state index >= 15 is 0 Å². The number of hydrogen-bond acceptors (Lipinski definition) is 3. The number of fused-ring (bicyclic) bond motifs is 1. The van der Waals surface area contributed by atoms with Crippen LogP contribution >= 0.6 is 11.6 Å². The second kappa shape index (κ2) is 8.20. The molecule has 8 heteroatoms. The van der Waals surface area contributed by atoms with E-state index in [0.717, 1.165) is 17.7 Å². The second-order valence-corrected chi connectivity index (χ2v) is 7.23. The average molecular weight is 441 g/mol. The first kappa shape index (κ1) is 20.6. The summed E-state index contributed by atoms with van der Waals surface area (Å²) in [6.07, 6.45) is 0. The summed E-state index contributed by atoms with van der Waals surface area (Å²) >= 11 is 6.16. The number of nitrogens with one attached hydrogen (secondary N) is 2. The number of rotatable bonds is 3. The number of urea groups is 1. The zero-order valence-electron chi connectivity index (χ0n) is 16.1. The summed E-state index contributed by atoms with van der Waals surface area (Å²) in [4.78, 5) is 25.3. The lowest BCUT2D eigenvalue weighted by atomic mass is 9.96. The number of aryl methyl sites for hydroxylation is 1. The summed E-state index contributed by atoms with van der Waals surface area (Å²) in [5, 5.41) is 5.65. The molecule has 156 valence electrons. The predicted octanol–water partition coefficient (Wildman–Crippen LogP) is 6.34. The smallest absolute Gasteiger partial charge is 0.360 e. The Kier molecular flexibility index (Phi) is 5.44. The molecule has 0 aliphatic heterocycles. The molecule has 1 aromatic heterocycles. The van der Waals surface area contributed by atoms with Crippen LogP contribution in [0, 0.1) is 18.6 Å². The minimum atomic E-state index is -0.952. The van der Waals surface area contributed by atoms with Crippen LogP contribution in [0.3, 0.4) is 0 Å². The fourth-order valence-corrected chi connectivity index (χ4v) is 3.45. The minimum absolute atomic E-state index is 0.135. The van der Waals surface area contributed by atoms with Crippen LogP contribution < -0.4 is 16.3 Å². The van der Waals surface area contributed by atoms with Crippen LogP contribution in [0.5, 0.6) is 0 Å². The first-order valence-electron chi connectivity index (χ1n) is 9.19. The van der Waals surface area contributed by atoms with Crippen molar-refractivity contribution in [3.63, 3.8) is 0 Å². The maximum Gasteiger partial charge on any atom is 0.360 e. The van der Waals surface area contributed by atoms with Gasteiger partial charge in [0.1, 0.15) is 22.9 Å². The molecule has 0 saturated carbocycles. The molecule has 5 nitrogen and oxygen atoms in total. The van der Waals surface area contributed by atoms with Gasteiger partial charge in [-0.1, -0.05) is 35.9 Å². The topological polar surface area (TPSA) is 71.3 Å². The van der Waals surface area contributed by atoms with Crippen molar-refractivity contribution < 1.29 is 18.0 Å². The summed E-state index contributed by atoms with van der Waals surface area (Å²) in [5.74, 6) is -1.73. The van der Waals surface area contributed by atoms with Crippen molar-refractivity contribution in [2.75, 3.05) is 10.6 Å². The van der Waals surface area contributed by atoms with E-state index in [2.05, 4.69) is 10.6 Å². The van der Waals surface area contributed by atoms with E-state index in [0.29, 0.717) is 33.2 Å². The Bertz CT molecular complexity index is 1390. The van der Waals surface area contributed by atoms with Crippen molar-refractivity contribution in [2.45, 2.75) is 6.92 Å². The molecule has 0 atom stereocenters. The minimum Gasteiger partial charge on any atom is -0.421 e. The van der Waals surface area contributed by atoms with Gasteiger partial charge in [-0.05, 0) is 48.4 Å². The zero-order chi connectivity index (χ0) is 22.1.